The molecule has 0 radical (unpaired) electrons. The Morgan fingerprint density at radius 1 is 0.712 bits per heavy atom. The van der Waals surface area contributed by atoms with E-state index < -0.39 is 0 Å². The van der Waals surface area contributed by atoms with Gasteiger partial charge in [-0.1, -0.05) is 75.5 Å². The first-order valence-corrected chi connectivity index (χ1v) is 25.1. The quantitative estimate of drug-likeness (QED) is 0.145. The fourth-order valence-corrected chi connectivity index (χ4v) is 12.9. The summed E-state index contributed by atoms with van der Waals surface area (Å²) in [5.41, 5.74) is 7.99. The van der Waals surface area contributed by atoms with Gasteiger partial charge in [0.15, 0.2) is 0 Å². The molecule has 2 fully saturated rings. The molecule has 2 heterocycles. The van der Waals surface area contributed by atoms with Gasteiger partial charge in [-0.05, 0) is 165 Å². The zero-order chi connectivity index (χ0) is 46.4. The lowest BCUT2D eigenvalue weighted by molar-refractivity contribution is -0.191. The van der Waals surface area contributed by atoms with Crippen molar-refractivity contribution in [2.45, 2.75) is 87.2 Å². The largest absolute Gasteiger partial charge is 0.490 e. The lowest BCUT2D eigenvalue weighted by Crippen LogP contribution is -2.49. The third-order valence-corrected chi connectivity index (χ3v) is 16.6. The van der Waals surface area contributed by atoms with E-state index in [1.807, 2.05) is 24.3 Å². The summed E-state index contributed by atoms with van der Waals surface area (Å²) in [6.07, 6.45) is 16.2. The molecule has 0 saturated heterocycles. The highest BCUT2D eigenvalue weighted by atomic mass is 79.9. The predicted octanol–water partition coefficient (Wildman–Crippen LogP) is 12.3. The van der Waals surface area contributed by atoms with Crippen LogP contribution in [0.25, 0.3) is 0 Å². The molecule has 10 rings (SSSR count). The van der Waals surface area contributed by atoms with Crippen molar-refractivity contribution < 1.29 is 28.5 Å². The van der Waals surface area contributed by atoms with Gasteiger partial charge in [0.25, 0.3) is 0 Å². The minimum atomic E-state index is -0.0258. The molecule has 8 nitrogen and oxygen atoms in total. The summed E-state index contributed by atoms with van der Waals surface area (Å²) in [5, 5.41) is 1.66. The summed E-state index contributed by atoms with van der Waals surface area (Å²) in [7, 11) is 3.60. The van der Waals surface area contributed by atoms with Crippen molar-refractivity contribution in [1.29, 1.82) is 0 Å². The van der Waals surface area contributed by atoms with Gasteiger partial charge >= 0.3 is 6.15 Å². The van der Waals surface area contributed by atoms with Crippen LogP contribution in [0.2, 0.25) is 10.0 Å². The van der Waals surface area contributed by atoms with Gasteiger partial charge in [-0.2, -0.15) is 9.59 Å². The first-order valence-electron chi connectivity index (χ1n) is 23.6. The van der Waals surface area contributed by atoms with E-state index in [0.717, 1.165) is 84.5 Å². The fourth-order valence-electron chi connectivity index (χ4n) is 12.1. The van der Waals surface area contributed by atoms with Gasteiger partial charge in [0, 0.05) is 65.7 Å². The minimum Gasteiger partial charge on any atom is -0.490 e. The van der Waals surface area contributed by atoms with Crippen LogP contribution in [0.4, 0.5) is 11.4 Å². The number of hydrogen-bond acceptors (Lipinski definition) is 8. The molecule has 66 heavy (non-hydrogen) atoms. The maximum atomic E-state index is 8.12. The van der Waals surface area contributed by atoms with Gasteiger partial charge in [0.05, 0.1) is 36.8 Å². The molecule has 8 atom stereocenters. The third-order valence-electron chi connectivity index (χ3n) is 15.7. The van der Waals surface area contributed by atoms with Crippen molar-refractivity contribution in [3.63, 3.8) is 0 Å². The smallest absolute Gasteiger partial charge is 0.373 e. The maximum absolute atomic E-state index is 8.12. The summed E-state index contributed by atoms with van der Waals surface area (Å²) >= 11 is 16.4. The molecule has 0 bridgehead atoms. The molecule has 2 saturated carbocycles. The number of fused-ring (bicyclic) bond motifs is 6. The Hall–Kier alpha value is -4.08. The first kappa shape index (κ1) is 48.4. The number of nitrogens with zero attached hydrogens (tertiary/aromatic N) is 2. The molecule has 11 heteroatoms. The molecule has 2 spiro atoms. The van der Waals surface area contributed by atoms with Crippen LogP contribution in [-0.2, 0) is 42.7 Å². The lowest BCUT2D eigenvalue weighted by atomic mass is 9.68. The van der Waals surface area contributed by atoms with Crippen molar-refractivity contribution in [1.82, 2.24) is 0 Å². The van der Waals surface area contributed by atoms with Gasteiger partial charge in [-0.25, -0.2) is 0 Å². The second-order valence-corrected chi connectivity index (χ2v) is 21.0. The predicted molar refractivity (Wildman–Crippen MR) is 268 cm³/mol. The first-order chi connectivity index (χ1) is 32.1. The van der Waals surface area contributed by atoms with Crippen molar-refractivity contribution in [3.8, 4) is 11.5 Å². The van der Waals surface area contributed by atoms with Crippen LogP contribution in [0.1, 0.15) is 73.6 Å². The van der Waals surface area contributed by atoms with E-state index in [1.54, 1.807) is 14.2 Å². The van der Waals surface area contributed by atoms with Crippen LogP contribution in [-0.4, -0.2) is 72.0 Å². The summed E-state index contributed by atoms with van der Waals surface area (Å²) in [4.78, 5) is 21.4. The second kappa shape index (κ2) is 21.5. The average Bonchev–Trinajstić information content (AvgIpc) is 3.56. The summed E-state index contributed by atoms with van der Waals surface area (Å²) in [6.45, 7) is 13.4. The van der Waals surface area contributed by atoms with Crippen LogP contribution in [0.15, 0.2) is 109 Å². The molecule has 4 aliphatic carbocycles. The highest BCUT2D eigenvalue weighted by Gasteiger charge is 2.46. The zero-order valence-electron chi connectivity index (χ0n) is 38.3. The number of para-hydroxylation sites is 2. The molecule has 0 N–H and O–H groups in total. The van der Waals surface area contributed by atoms with E-state index in [0.29, 0.717) is 30.3 Å². The van der Waals surface area contributed by atoms with E-state index in [9.17, 15) is 0 Å². The van der Waals surface area contributed by atoms with Crippen LogP contribution >= 0.6 is 39.1 Å². The van der Waals surface area contributed by atoms with Crippen LogP contribution in [0.5, 0.6) is 11.5 Å². The number of anilines is 2. The number of ether oxygens (including phenoxy) is 4. The Balaban J connectivity index is 0.000000170. The number of benzene rings is 4. The van der Waals surface area contributed by atoms with E-state index in [4.69, 9.17) is 51.7 Å². The Bertz CT molecular complexity index is 2390. The number of carbonyl (C=O) groups excluding carboxylic acids is 2. The molecule has 6 aliphatic rings. The van der Waals surface area contributed by atoms with Crippen LogP contribution in [0.3, 0.4) is 0 Å². The fraction of sp³-hybridized carbons (Fsp3) is 0.473. The van der Waals surface area contributed by atoms with Gasteiger partial charge in [0.1, 0.15) is 11.5 Å². The Kier molecular flexibility index (Phi) is 15.7. The van der Waals surface area contributed by atoms with Gasteiger partial charge in [0.2, 0.25) is 0 Å². The molecular weight excluding hydrogens is 935 g/mol. The zero-order valence-corrected chi connectivity index (χ0v) is 41.4. The van der Waals surface area contributed by atoms with Gasteiger partial charge in [-0.15, -0.1) is 13.2 Å². The number of rotatable bonds is 10. The summed E-state index contributed by atoms with van der Waals surface area (Å²) in [5.74, 6) is 4.27. The lowest BCUT2D eigenvalue weighted by Gasteiger charge is -2.46. The Labute approximate surface area is 409 Å². The Morgan fingerprint density at radius 3 is 1.67 bits per heavy atom. The number of hydrogen-bond donors (Lipinski definition) is 0. The second-order valence-electron chi connectivity index (χ2n) is 19.2. The van der Waals surface area contributed by atoms with Crippen molar-refractivity contribution >= 4 is 56.7 Å². The number of aryl methyl sites for hydroxylation is 2. The number of methoxy groups -OCH3 is 2. The summed E-state index contributed by atoms with van der Waals surface area (Å²) < 4.78 is 25.5. The van der Waals surface area contributed by atoms with Gasteiger partial charge < -0.3 is 28.7 Å². The van der Waals surface area contributed by atoms with Crippen molar-refractivity contribution in [2.75, 3.05) is 63.4 Å². The molecule has 4 aromatic rings. The highest BCUT2D eigenvalue weighted by molar-refractivity contribution is 9.10. The van der Waals surface area contributed by atoms with E-state index >= 15 is 0 Å². The molecule has 2 aliphatic heterocycles. The molecule has 0 amide bonds. The topological polar surface area (TPSA) is 77.5 Å². The Morgan fingerprint density at radius 2 is 1.20 bits per heavy atom. The van der Waals surface area contributed by atoms with Crippen molar-refractivity contribution in [2.24, 2.45) is 23.7 Å². The SMILES string of the molecule is C=C[C@H](OC)[C@@H]1CC[C@H]1CN1C[C@@]2(CCCc3cc(Cl)ccc32)COc2ccc(Br)cc21.C=C[C@H](OC)[C@@H]1CC[C@H]1CN1C[C@@]2(CCCc3cc(Cl)ccc32)COc2ccccc21.O=C=O. The van der Waals surface area contributed by atoms with E-state index in [-0.39, 0.29) is 29.2 Å². The van der Waals surface area contributed by atoms with Gasteiger partial charge in [-0.3, -0.25) is 0 Å². The molecule has 0 aromatic heterocycles. The normalized spacial score (nSPS) is 26.6. The monoisotopic (exact) mass is 996 g/mol. The average molecular weight is 999 g/mol. The third kappa shape index (κ3) is 10.0. The molecule has 4 aromatic carbocycles. The standard InChI is InChI=1S/C27H31BrClNO2.C27H32ClNO2.CO2/c1-3-25(31-2)22-9-6-19(22)15-30-16-27(17-32-26-11-7-20(28)14-24(26)30)12-4-5-18-13-21(29)8-10-23(18)27;1-3-25(30-2)22-12-10-20(22)16-29-17-27(18-31-26-9-5-4-8-24(26)29)14-6-7-19-15-21(28)11-13-23(19)27;2-1-3/h3,7-8,10-11,13-14,19,22,25H,1,4-6,9,12,15-17H2,2H3;3-5,8-9,11,13,15,20,22,25H,1,6-7,10,12,14,16-18H2,2H3;/t19-,22+,25-,27-;20-,22+,25-,27-;/m00./s1. The minimum absolute atomic E-state index is 0.00443. The maximum Gasteiger partial charge on any atom is 0.373 e. The summed E-state index contributed by atoms with van der Waals surface area (Å²) in [6, 6.07) is 27.8. The van der Waals surface area contributed by atoms with Crippen LogP contribution < -0.4 is 19.3 Å². The molecule has 350 valence electrons. The van der Waals surface area contributed by atoms with Crippen molar-refractivity contribution in [3.05, 3.63) is 141 Å². The van der Waals surface area contributed by atoms with E-state index in [1.165, 1.54) is 72.2 Å². The van der Waals surface area contributed by atoms with Crippen LogP contribution in [0, 0.1) is 23.7 Å². The molecule has 0 unspecified atom stereocenters. The number of halogens is 3. The van der Waals surface area contributed by atoms with E-state index in [2.05, 4.69) is 106 Å². The highest BCUT2D eigenvalue weighted by Crippen LogP contribution is 2.49. The molecular formula is C55H63BrCl2N2O6.